The fraction of sp³-hybridized carbons (Fsp3) is 0.435. The lowest BCUT2D eigenvalue weighted by atomic mass is 10.0. The number of hydrogen-bond donors (Lipinski definition) is 1. The van der Waals surface area contributed by atoms with Crippen LogP contribution in [0.4, 0.5) is 0 Å². The van der Waals surface area contributed by atoms with E-state index in [1.165, 1.54) is 11.1 Å². The highest BCUT2D eigenvalue weighted by Gasteiger charge is 2.25. The summed E-state index contributed by atoms with van der Waals surface area (Å²) in [5.74, 6) is 2.53. The van der Waals surface area contributed by atoms with Crippen molar-refractivity contribution in [2.24, 2.45) is 4.99 Å². The second-order valence-corrected chi connectivity index (χ2v) is 7.39. The van der Waals surface area contributed by atoms with E-state index in [0.717, 1.165) is 42.5 Å². The lowest BCUT2D eigenvalue weighted by molar-refractivity contribution is -0.00833. The maximum Gasteiger partial charge on any atom is 0.194 e. The molecule has 0 bridgehead atoms. The van der Waals surface area contributed by atoms with Crippen molar-refractivity contribution >= 4 is 5.96 Å². The smallest absolute Gasteiger partial charge is 0.194 e. The first-order chi connectivity index (χ1) is 14.2. The van der Waals surface area contributed by atoms with Gasteiger partial charge in [0.1, 0.15) is 6.10 Å². The van der Waals surface area contributed by atoms with Gasteiger partial charge in [-0.1, -0.05) is 30.3 Å². The lowest BCUT2D eigenvalue weighted by Crippen LogP contribution is -2.48. The fourth-order valence-corrected chi connectivity index (χ4v) is 3.81. The van der Waals surface area contributed by atoms with Gasteiger partial charge in [-0.2, -0.15) is 0 Å². The number of aliphatic imine (C=N–C) groups is 1. The molecule has 0 saturated carbocycles. The van der Waals surface area contributed by atoms with Gasteiger partial charge in [-0.25, -0.2) is 0 Å². The number of guanidine groups is 1. The third-order valence-corrected chi connectivity index (χ3v) is 5.38. The number of morpholine rings is 1. The van der Waals surface area contributed by atoms with E-state index in [1.54, 1.807) is 0 Å². The van der Waals surface area contributed by atoms with Crippen LogP contribution in [0.5, 0.6) is 11.5 Å². The van der Waals surface area contributed by atoms with Crippen LogP contribution < -0.4 is 14.8 Å². The number of aryl methyl sites for hydroxylation is 1. The minimum absolute atomic E-state index is 0.0570. The Kier molecular flexibility index (Phi) is 6.20. The number of rotatable bonds is 3. The molecule has 0 aromatic heterocycles. The summed E-state index contributed by atoms with van der Waals surface area (Å²) in [7, 11) is 1.83. The molecule has 0 aliphatic carbocycles. The van der Waals surface area contributed by atoms with Gasteiger partial charge in [0.15, 0.2) is 17.5 Å². The average Bonchev–Trinajstić information content (AvgIpc) is 3.00. The van der Waals surface area contributed by atoms with Crippen LogP contribution >= 0.6 is 0 Å². The monoisotopic (exact) mass is 395 g/mol. The highest BCUT2D eigenvalue weighted by atomic mass is 16.5. The molecule has 1 unspecified atom stereocenters. The van der Waals surface area contributed by atoms with Gasteiger partial charge in [0.25, 0.3) is 0 Å². The minimum Gasteiger partial charge on any atom is -0.490 e. The Hall–Kier alpha value is -2.73. The number of ether oxygens (including phenoxy) is 3. The first-order valence-corrected chi connectivity index (χ1v) is 10.3. The lowest BCUT2D eigenvalue weighted by Gasteiger charge is -2.35. The molecule has 4 rings (SSSR count). The van der Waals surface area contributed by atoms with Gasteiger partial charge in [-0.05, 0) is 35.7 Å². The van der Waals surface area contributed by atoms with Gasteiger partial charge < -0.3 is 24.4 Å². The van der Waals surface area contributed by atoms with Crippen LogP contribution in [0.2, 0.25) is 0 Å². The average molecular weight is 396 g/mol. The quantitative estimate of drug-likeness (QED) is 0.638. The number of fused-ring (bicyclic) bond motifs is 1. The Balaban J connectivity index is 1.40. The van der Waals surface area contributed by atoms with Crippen molar-refractivity contribution in [3.8, 4) is 11.5 Å². The van der Waals surface area contributed by atoms with E-state index in [1.807, 2.05) is 13.1 Å². The molecule has 29 heavy (non-hydrogen) atoms. The van der Waals surface area contributed by atoms with Crippen molar-refractivity contribution in [2.75, 3.05) is 40.0 Å². The first-order valence-electron chi connectivity index (χ1n) is 10.3. The van der Waals surface area contributed by atoms with E-state index in [4.69, 9.17) is 14.2 Å². The molecule has 0 spiro atoms. The molecular weight excluding hydrogens is 366 g/mol. The first kappa shape index (κ1) is 19.6. The maximum absolute atomic E-state index is 6.05. The van der Waals surface area contributed by atoms with Crippen LogP contribution in [0.1, 0.15) is 29.2 Å². The Morgan fingerprint density at radius 2 is 1.93 bits per heavy atom. The van der Waals surface area contributed by atoms with Gasteiger partial charge in [0, 0.05) is 26.6 Å². The summed E-state index contributed by atoms with van der Waals surface area (Å²) in [6.45, 7) is 6.50. The molecule has 2 aliphatic heterocycles. The summed E-state index contributed by atoms with van der Waals surface area (Å²) >= 11 is 0. The molecule has 6 nitrogen and oxygen atoms in total. The molecule has 1 N–H and O–H groups in total. The van der Waals surface area contributed by atoms with E-state index >= 15 is 0 Å². The molecule has 1 fully saturated rings. The molecule has 154 valence electrons. The highest BCUT2D eigenvalue weighted by Crippen LogP contribution is 2.30. The molecular formula is C23H29N3O3. The number of hydrogen-bond acceptors (Lipinski definition) is 4. The van der Waals surface area contributed by atoms with Gasteiger partial charge in [-0.3, -0.25) is 4.99 Å². The van der Waals surface area contributed by atoms with Crippen LogP contribution in [-0.4, -0.2) is 50.8 Å². The number of nitrogens with one attached hydrogen (secondary N) is 1. The van der Waals surface area contributed by atoms with Crippen molar-refractivity contribution < 1.29 is 14.2 Å². The molecule has 2 aromatic carbocycles. The zero-order valence-corrected chi connectivity index (χ0v) is 17.2. The van der Waals surface area contributed by atoms with E-state index in [9.17, 15) is 0 Å². The normalized spacial score (nSPS) is 19.6. The SMILES string of the molecule is CN=C(NCc1ccc2c(c1)OCCCO2)N1CCOC(c2ccccc2C)C1. The molecule has 1 saturated heterocycles. The van der Waals surface area contributed by atoms with Crippen LogP contribution in [0, 0.1) is 6.92 Å². The molecule has 2 heterocycles. The number of benzene rings is 2. The predicted molar refractivity (Wildman–Crippen MR) is 114 cm³/mol. The second-order valence-electron chi connectivity index (χ2n) is 7.39. The summed E-state index contributed by atoms with van der Waals surface area (Å²) in [4.78, 5) is 6.77. The third-order valence-electron chi connectivity index (χ3n) is 5.38. The summed E-state index contributed by atoms with van der Waals surface area (Å²) in [5.41, 5.74) is 3.64. The van der Waals surface area contributed by atoms with E-state index in [2.05, 4.69) is 58.5 Å². The third kappa shape index (κ3) is 4.65. The molecule has 6 heteroatoms. The molecule has 0 radical (unpaired) electrons. The highest BCUT2D eigenvalue weighted by molar-refractivity contribution is 5.80. The Morgan fingerprint density at radius 1 is 1.10 bits per heavy atom. The molecule has 2 aromatic rings. The van der Waals surface area contributed by atoms with Crippen LogP contribution in [0.15, 0.2) is 47.5 Å². The van der Waals surface area contributed by atoms with E-state index in [0.29, 0.717) is 26.4 Å². The van der Waals surface area contributed by atoms with Crippen LogP contribution in [-0.2, 0) is 11.3 Å². The molecule has 2 aliphatic rings. The van der Waals surface area contributed by atoms with Crippen molar-refractivity contribution in [3.63, 3.8) is 0 Å². The van der Waals surface area contributed by atoms with Gasteiger partial charge in [0.05, 0.1) is 26.4 Å². The van der Waals surface area contributed by atoms with Crippen molar-refractivity contribution in [1.82, 2.24) is 10.2 Å². The predicted octanol–water partition coefficient (Wildman–Crippen LogP) is 3.31. The minimum atomic E-state index is 0.0570. The fourth-order valence-electron chi connectivity index (χ4n) is 3.81. The second kappa shape index (κ2) is 9.18. The van der Waals surface area contributed by atoms with Gasteiger partial charge in [-0.15, -0.1) is 0 Å². The summed E-state index contributed by atoms with van der Waals surface area (Å²) in [6.07, 6.45) is 0.968. The summed E-state index contributed by atoms with van der Waals surface area (Å²) < 4.78 is 17.6. The van der Waals surface area contributed by atoms with E-state index < -0.39 is 0 Å². The zero-order chi connectivity index (χ0) is 20.1. The summed E-state index contributed by atoms with van der Waals surface area (Å²) in [5, 5.41) is 3.49. The van der Waals surface area contributed by atoms with Crippen LogP contribution in [0.25, 0.3) is 0 Å². The number of nitrogens with zero attached hydrogens (tertiary/aromatic N) is 2. The molecule has 1 atom stereocenters. The maximum atomic E-state index is 6.05. The van der Waals surface area contributed by atoms with Crippen LogP contribution in [0.3, 0.4) is 0 Å². The van der Waals surface area contributed by atoms with Crippen molar-refractivity contribution in [2.45, 2.75) is 26.0 Å². The van der Waals surface area contributed by atoms with Crippen molar-refractivity contribution in [1.29, 1.82) is 0 Å². The standard InChI is InChI=1S/C23H29N3O3/c1-17-6-3-4-7-19(17)22-16-26(10-13-29-22)23(24-2)25-15-18-8-9-20-21(14-18)28-12-5-11-27-20/h3-4,6-9,14,22H,5,10-13,15-16H2,1-2H3,(H,24,25). The Labute approximate surface area is 172 Å². The van der Waals surface area contributed by atoms with Crippen molar-refractivity contribution in [3.05, 3.63) is 59.2 Å². The Morgan fingerprint density at radius 3 is 2.76 bits per heavy atom. The molecule has 0 amide bonds. The Bertz CT molecular complexity index is 868. The largest absolute Gasteiger partial charge is 0.490 e. The van der Waals surface area contributed by atoms with Gasteiger partial charge in [0.2, 0.25) is 0 Å². The summed E-state index contributed by atoms with van der Waals surface area (Å²) in [6, 6.07) is 14.5. The van der Waals surface area contributed by atoms with E-state index in [-0.39, 0.29) is 6.10 Å². The van der Waals surface area contributed by atoms with Gasteiger partial charge >= 0.3 is 0 Å². The zero-order valence-electron chi connectivity index (χ0n) is 17.2. The topological polar surface area (TPSA) is 55.3 Å².